The van der Waals surface area contributed by atoms with Crippen molar-refractivity contribution < 1.29 is 26.7 Å². The number of hydrogen-bond donors (Lipinski definition) is 0. The minimum Gasteiger partial charge on any atom is -0.873 e. The average Bonchev–Trinajstić information content (AvgIpc) is 3.36. The molecule has 0 radical (unpaired) electrons. The largest absolute Gasteiger partial charge is 2.00 e. The smallest absolute Gasteiger partial charge is 0.873 e. The summed E-state index contributed by atoms with van der Waals surface area (Å²) in [5.41, 5.74) is 7.58. The molecular formula is C66H100N2NiO2. The van der Waals surface area contributed by atoms with Gasteiger partial charge in [0.15, 0.2) is 0 Å². The van der Waals surface area contributed by atoms with Crippen LogP contribution in [0.1, 0.15) is 268 Å². The molecule has 0 aromatic heterocycles. The predicted octanol–water partition coefficient (Wildman–Crippen LogP) is 20.4. The number of unbranched alkanes of at least 4 members (excludes halogenated alkanes) is 29. The molecule has 3 aromatic carbocycles. The van der Waals surface area contributed by atoms with Crippen LogP contribution in [0.15, 0.2) is 82.8 Å². The van der Waals surface area contributed by atoms with E-state index < -0.39 is 5.75 Å². The van der Waals surface area contributed by atoms with Gasteiger partial charge in [-0.3, -0.25) is 4.99 Å². The summed E-state index contributed by atoms with van der Waals surface area (Å²) in [5.74, 6) is 6.09. The van der Waals surface area contributed by atoms with Gasteiger partial charge in [0.05, 0.1) is 17.1 Å². The Bertz CT molecular complexity index is 1890. The Balaban J connectivity index is 0.00000203. The molecule has 0 heterocycles. The van der Waals surface area contributed by atoms with Crippen molar-refractivity contribution in [2.45, 2.75) is 260 Å². The van der Waals surface area contributed by atoms with Crippen LogP contribution in [-0.2, 0) is 16.5 Å². The van der Waals surface area contributed by atoms with Crippen LogP contribution in [0.3, 0.4) is 0 Å². The molecule has 71 heavy (non-hydrogen) atoms. The van der Waals surface area contributed by atoms with Gasteiger partial charge < -0.3 is 10.2 Å². The summed E-state index contributed by atoms with van der Waals surface area (Å²) >= 11 is 0. The normalized spacial score (nSPS) is 11.7. The van der Waals surface area contributed by atoms with Gasteiger partial charge in [-0.1, -0.05) is 272 Å². The van der Waals surface area contributed by atoms with Gasteiger partial charge in [0.25, 0.3) is 0 Å². The van der Waals surface area contributed by atoms with Gasteiger partial charge in [-0.25, -0.2) is 4.99 Å². The Labute approximate surface area is 447 Å². The van der Waals surface area contributed by atoms with Crippen molar-refractivity contribution in [1.29, 1.82) is 0 Å². The third-order valence-corrected chi connectivity index (χ3v) is 13.1. The molecular weight excluding hydrogens is 911 g/mol. The minimum absolute atomic E-state index is 0. The van der Waals surface area contributed by atoms with Crippen molar-refractivity contribution in [3.8, 4) is 23.3 Å². The summed E-state index contributed by atoms with van der Waals surface area (Å²) in [6, 6.07) is 20.4. The molecule has 0 aliphatic carbocycles. The minimum atomic E-state index is -0.405. The van der Waals surface area contributed by atoms with E-state index in [1.807, 2.05) is 0 Å². The van der Waals surface area contributed by atoms with Crippen molar-refractivity contribution in [2.75, 3.05) is 0 Å². The molecule has 0 amide bonds. The average molecular weight is 1010 g/mol. The molecule has 3 aromatic rings. The Hall–Kier alpha value is -3.87. The summed E-state index contributed by atoms with van der Waals surface area (Å²) in [7, 11) is 0. The molecule has 396 valence electrons. The maximum Gasteiger partial charge on any atom is 2.00 e. The number of hydrogen-bond acceptors (Lipinski definition) is 4. The number of aliphatic imine (C=N–C) groups is 2. The quantitative estimate of drug-likeness (QED) is 0.0248. The standard InChI is InChI=1S/C58H92N2.C8H10O2.Ni/c1-5-9-13-16-18-20-22-24-26-28-30-32-34-36-38-41-53-45-49-55(50-46-53)59-57(43-12-8-4)58(44-40-15-11-7-3)60-56-51-47-54(48-52-56)42-39-37-35-33-31-29-27-25-23-21-19-17-14-10-6-2;1-5-3-6(2)8(10)7(9)4-5;/h38-39,41-42,45-52H,5-37,43H2,1-4H3;3-4,9-10H,1-2H3;/q;;+2/p-2. The Kier molecular flexibility index (Phi) is 42.2. The summed E-state index contributed by atoms with van der Waals surface area (Å²) in [5, 5.41) is 21.6. The summed E-state index contributed by atoms with van der Waals surface area (Å²) in [6.07, 6.45) is 54.2. The molecule has 0 unspecified atom stereocenters. The molecule has 0 spiro atoms. The van der Waals surface area contributed by atoms with E-state index in [-0.39, 0.29) is 22.2 Å². The number of nitrogens with zero attached hydrogens (tertiary/aromatic N) is 2. The van der Waals surface area contributed by atoms with Gasteiger partial charge in [0, 0.05) is 6.42 Å². The summed E-state index contributed by atoms with van der Waals surface area (Å²) in [4.78, 5) is 10.3. The third kappa shape index (κ3) is 35.0. The second kappa shape index (κ2) is 46.0. The predicted molar refractivity (Wildman–Crippen MR) is 307 cm³/mol. The second-order valence-corrected chi connectivity index (χ2v) is 20.0. The van der Waals surface area contributed by atoms with Crippen molar-refractivity contribution in [1.82, 2.24) is 0 Å². The molecule has 5 heteroatoms. The van der Waals surface area contributed by atoms with Gasteiger partial charge in [-0.15, -0.1) is 11.5 Å². The van der Waals surface area contributed by atoms with Crippen LogP contribution in [0.25, 0.3) is 12.2 Å². The fourth-order valence-electron chi connectivity index (χ4n) is 8.67. The van der Waals surface area contributed by atoms with E-state index in [2.05, 4.69) is 112 Å². The fraction of sp³-hybridized carbons (Fsp3) is 0.606. The Morgan fingerprint density at radius 2 is 0.845 bits per heavy atom. The van der Waals surface area contributed by atoms with Gasteiger partial charge >= 0.3 is 16.5 Å². The van der Waals surface area contributed by atoms with Crippen LogP contribution in [0, 0.1) is 25.7 Å². The van der Waals surface area contributed by atoms with Gasteiger partial charge in [-0.05, 0) is 100 Å². The van der Waals surface area contributed by atoms with E-state index >= 15 is 0 Å². The number of benzene rings is 3. The molecule has 0 fully saturated rings. The molecule has 0 bridgehead atoms. The first-order valence-corrected chi connectivity index (χ1v) is 28.9. The maximum absolute atomic E-state index is 10.8. The second-order valence-electron chi connectivity index (χ2n) is 20.0. The molecule has 0 atom stereocenters. The van der Waals surface area contributed by atoms with Crippen molar-refractivity contribution in [3.63, 3.8) is 0 Å². The van der Waals surface area contributed by atoms with Crippen molar-refractivity contribution in [2.24, 2.45) is 9.98 Å². The van der Waals surface area contributed by atoms with E-state index in [4.69, 9.17) is 9.98 Å². The molecule has 0 N–H and O–H groups in total. The van der Waals surface area contributed by atoms with Crippen LogP contribution in [-0.4, -0.2) is 11.4 Å². The van der Waals surface area contributed by atoms with Crippen LogP contribution in [0.2, 0.25) is 0 Å². The third-order valence-electron chi connectivity index (χ3n) is 13.1. The first kappa shape index (κ1) is 65.1. The monoisotopic (exact) mass is 1010 g/mol. The molecule has 0 saturated heterocycles. The molecule has 0 aliphatic heterocycles. The van der Waals surface area contributed by atoms with Gasteiger partial charge in [0.1, 0.15) is 5.71 Å². The summed E-state index contributed by atoms with van der Waals surface area (Å²) < 4.78 is 0. The topological polar surface area (TPSA) is 70.8 Å². The van der Waals surface area contributed by atoms with Gasteiger partial charge in [-0.2, -0.15) is 0 Å². The van der Waals surface area contributed by atoms with Crippen LogP contribution < -0.4 is 10.2 Å². The SMILES string of the molecule is CCCCC#CC(=Nc1ccc(C=CCCCCCCCCCCCCCCC)cc1)C(CCCC)=Nc1ccc(C=CCCCCCCCCCCCCCCC)cc1.Cc1cc(C)c([O-])c([O-])c1.[Ni+2]. The molecule has 0 aliphatic rings. The first-order chi connectivity index (χ1) is 34.3. The zero-order valence-corrected chi connectivity index (χ0v) is 47.1. The zero-order valence-electron chi connectivity index (χ0n) is 46.2. The Morgan fingerprint density at radius 3 is 1.24 bits per heavy atom. The van der Waals surface area contributed by atoms with Crippen molar-refractivity contribution >= 4 is 35.0 Å². The summed E-state index contributed by atoms with van der Waals surface area (Å²) in [6.45, 7) is 12.5. The van der Waals surface area contributed by atoms with Crippen LogP contribution in [0.5, 0.6) is 11.5 Å². The van der Waals surface area contributed by atoms with E-state index in [0.29, 0.717) is 5.56 Å². The number of rotatable bonds is 38. The van der Waals surface area contributed by atoms with Crippen LogP contribution >= 0.6 is 0 Å². The molecule has 0 saturated carbocycles. The first-order valence-electron chi connectivity index (χ1n) is 28.9. The Morgan fingerprint density at radius 1 is 0.465 bits per heavy atom. The zero-order chi connectivity index (χ0) is 50.5. The van der Waals surface area contributed by atoms with E-state index in [1.54, 1.807) is 19.9 Å². The molecule has 4 nitrogen and oxygen atoms in total. The number of aryl methyl sites for hydroxylation is 2. The van der Waals surface area contributed by atoms with Crippen LogP contribution in [0.4, 0.5) is 11.4 Å². The maximum atomic E-state index is 10.8. The fourth-order valence-corrected chi connectivity index (χ4v) is 8.67. The van der Waals surface area contributed by atoms with Crippen molar-refractivity contribution in [3.05, 3.63) is 95.1 Å². The van der Waals surface area contributed by atoms with E-state index in [0.717, 1.165) is 79.7 Å². The number of allylic oxidation sites excluding steroid dienone is 2. The van der Waals surface area contributed by atoms with Gasteiger partial charge in [0.2, 0.25) is 0 Å². The van der Waals surface area contributed by atoms with E-state index in [1.165, 1.54) is 184 Å². The van der Waals surface area contributed by atoms with E-state index in [9.17, 15) is 10.2 Å². The molecule has 3 rings (SSSR count).